The predicted octanol–water partition coefficient (Wildman–Crippen LogP) is 4.30. The van der Waals surface area contributed by atoms with Crippen LogP contribution in [0.15, 0.2) is 65.3 Å². The zero-order valence-corrected chi connectivity index (χ0v) is 19.0. The van der Waals surface area contributed by atoms with Crippen LogP contribution in [-0.2, 0) is 6.42 Å². The fourth-order valence-electron chi connectivity index (χ4n) is 3.85. The summed E-state index contributed by atoms with van der Waals surface area (Å²) in [6.45, 7) is 4.92. The summed E-state index contributed by atoms with van der Waals surface area (Å²) >= 11 is 3.35. The minimum atomic E-state index is -0.215. The van der Waals surface area contributed by atoms with Crippen molar-refractivity contribution in [3.8, 4) is 0 Å². The highest BCUT2D eigenvalue weighted by Gasteiger charge is 2.19. The van der Waals surface area contributed by atoms with Crippen LogP contribution in [0.3, 0.4) is 0 Å². The van der Waals surface area contributed by atoms with Crippen molar-refractivity contribution in [1.29, 1.82) is 0 Å². The first-order valence-corrected chi connectivity index (χ1v) is 11.3. The van der Waals surface area contributed by atoms with Crippen molar-refractivity contribution < 1.29 is 7.65 Å². The van der Waals surface area contributed by atoms with Gasteiger partial charge >= 0.3 is 0 Å². The molecular formula is C24H30BrN5O. The molecular weight excluding hydrogens is 454 g/mol. The van der Waals surface area contributed by atoms with Gasteiger partial charge in [-0.05, 0) is 59.1 Å². The standard InChI is InChI=1S/C24H26BrN5O.2H2/c25-19-16-20(24(26)27-17-19)23(31)21-8-4-9-22(28-21)30-12-5-11-29(14-15-30)13-10-18-6-2-1-3-7-18;;/h1-4,6-9,16-17H,5,10-15H2,(H2,26,27);2*1H. The minimum Gasteiger partial charge on any atom is -0.383 e. The molecule has 1 fully saturated rings. The average molecular weight is 484 g/mol. The van der Waals surface area contributed by atoms with Crippen molar-refractivity contribution in [3.05, 3.63) is 82.1 Å². The van der Waals surface area contributed by atoms with Gasteiger partial charge in [0.2, 0.25) is 5.78 Å². The van der Waals surface area contributed by atoms with E-state index < -0.39 is 0 Å². The Kier molecular flexibility index (Phi) is 6.94. The fourth-order valence-corrected chi connectivity index (χ4v) is 4.18. The average Bonchev–Trinajstić information content (AvgIpc) is 3.05. The van der Waals surface area contributed by atoms with Gasteiger partial charge < -0.3 is 15.5 Å². The number of nitrogens with two attached hydrogens (primary N) is 1. The van der Waals surface area contributed by atoms with Gasteiger partial charge in [-0.1, -0.05) is 36.4 Å². The molecule has 1 saturated heterocycles. The Morgan fingerprint density at radius 2 is 1.90 bits per heavy atom. The van der Waals surface area contributed by atoms with Gasteiger partial charge in [-0.2, -0.15) is 0 Å². The van der Waals surface area contributed by atoms with E-state index in [4.69, 9.17) is 5.73 Å². The maximum absolute atomic E-state index is 13.0. The van der Waals surface area contributed by atoms with E-state index in [1.165, 1.54) is 5.56 Å². The lowest BCUT2D eigenvalue weighted by molar-refractivity contribution is 0.103. The Morgan fingerprint density at radius 1 is 1.06 bits per heavy atom. The molecule has 1 aromatic carbocycles. The lowest BCUT2D eigenvalue weighted by Gasteiger charge is -2.23. The molecule has 7 heteroatoms. The second-order valence-corrected chi connectivity index (χ2v) is 8.63. The molecule has 0 amide bonds. The highest BCUT2D eigenvalue weighted by atomic mass is 79.9. The number of halogens is 1. The first-order chi connectivity index (χ1) is 15.1. The molecule has 0 bridgehead atoms. The molecule has 31 heavy (non-hydrogen) atoms. The van der Waals surface area contributed by atoms with Crippen molar-refractivity contribution in [2.24, 2.45) is 0 Å². The Morgan fingerprint density at radius 3 is 2.74 bits per heavy atom. The third kappa shape index (κ3) is 5.48. The summed E-state index contributed by atoms with van der Waals surface area (Å²) in [6, 6.07) is 17.9. The zero-order valence-electron chi connectivity index (χ0n) is 17.4. The number of aromatic nitrogens is 2. The van der Waals surface area contributed by atoms with Gasteiger partial charge in [0.15, 0.2) is 0 Å². The van der Waals surface area contributed by atoms with Crippen LogP contribution >= 0.6 is 15.9 Å². The number of rotatable bonds is 6. The number of ketones is 1. The van der Waals surface area contributed by atoms with Crippen molar-refractivity contribution in [3.63, 3.8) is 0 Å². The smallest absolute Gasteiger partial charge is 0.215 e. The van der Waals surface area contributed by atoms with Crippen LogP contribution in [0.1, 0.15) is 30.9 Å². The number of anilines is 2. The van der Waals surface area contributed by atoms with Gasteiger partial charge in [-0.3, -0.25) is 4.79 Å². The molecule has 0 radical (unpaired) electrons. The predicted molar refractivity (Wildman–Crippen MR) is 132 cm³/mol. The first kappa shape index (κ1) is 21.5. The molecule has 6 nitrogen and oxygen atoms in total. The van der Waals surface area contributed by atoms with Crippen LogP contribution in [0.25, 0.3) is 0 Å². The van der Waals surface area contributed by atoms with Gasteiger partial charge in [0, 0.05) is 39.7 Å². The maximum atomic E-state index is 13.0. The number of hydrogen-bond acceptors (Lipinski definition) is 6. The summed E-state index contributed by atoms with van der Waals surface area (Å²) in [5.74, 6) is 0.828. The van der Waals surface area contributed by atoms with Crippen LogP contribution in [-0.4, -0.2) is 53.4 Å². The Balaban J connectivity index is 0.00000193. The third-order valence-corrected chi connectivity index (χ3v) is 6.00. The van der Waals surface area contributed by atoms with Crippen LogP contribution in [0.2, 0.25) is 0 Å². The number of nitrogen functional groups attached to an aromatic ring is 1. The molecule has 2 aromatic heterocycles. The van der Waals surface area contributed by atoms with Gasteiger partial charge in [0.1, 0.15) is 17.3 Å². The van der Waals surface area contributed by atoms with Gasteiger partial charge in [0.25, 0.3) is 0 Å². The van der Waals surface area contributed by atoms with E-state index >= 15 is 0 Å². The summed E-state index contributed by atoms with van der Waals surface area (Å²) in [4.78, 5) is 26.5. The number of carbonyl (C=O) groups excluding carboxylic acids is 1. The van der Waals surface area contributed by atoms with E-state index in [9.17, 15) is 4.79 Å². The van der Waals surface area contributed by atoms with Crippen LogP contribution in [0, 0.1) is 0 Å². The molecule has 3 heterocycles. The largest absolute Gasteiger partial charge is 0.383 e. The van der Waals surface area contributed by atoms with E-state index in [2.05, 4.69) is 66.0 Å². The molecule has 0 atom stereocenters. The summed E-state index contributed by atoms with van der Waals surface area (Å²) in [5.41, 5.74) is 8.04. The van der Waals surface area contributed by atoms with Crippen molar-refractivity contribution in [1.82, 2.24) is 14.9 Å². The van der Waals surface area contributed by atoms with Crippen molar-refractivity contribution >= 4 is 33.3 Å². The summed E-state index contributed by atoms with van der Waals surface area (Å²) < 4.78 is 0.712. The van der Waals surface area contributed by atoms with E-state index in [0.717, 1.165) is 51.4 Å². The quantitative estimate of drug-likeness (QED) is 0.526. The SMILES string of the molecule is Nc1ncc(Br)cc1C(=O)c1cccc(N2CCCN(CCc3ccccc3)CC2)n1.[HH].[HH]. The topological polar surface area (TPSA) is 75.3 Å². The number of benzene rings is 1. The highest BCUT2D eigenvalue weighted by molar-refractivity contribution is 9.10. The van der Waals surface area contributed by atoms with Gasteiger partial charge in [-0.25, -0.2) is 9.97 Å². The summed E-state index contributed by atoms with van der Waals surface area (Å²) in [6.07, 6.45) is 3.71. The number of carbonyl (C=O) groups is 1. The van der Waals surface area contributed by atoms with E-state index in [1.807, 2.05) is 12.1 Å². The van der Waals surface area contributed by atoms with E-state index in [0.29, 0.717) is 15.7 Å². The molecule has 1 aliphatic heterocycles. The van der Waals surface area contributed by atoms with Gasteiger partial charge in [0.05, 0.1) is 5.56 Å². The Bertz CT molecular complexity index is 1050. The van der Waals surface area contributed by atoms with Crippen LogP contribution in [0.4, 0.5) is 11.6 Å². The molecule has 0 spiro atoms. The number of hydrogen-bond donors (Lipinski definition) is 1. The zero-order chi connectivity index (χ0) is 21.6. The lowest BCUT2D eigenvalue weighted by Crippen LogP contribution is -2.32. The number of pyridine rings is 2. The molecule has 3 aromatic rings. The number of nitrogens with zero attached hydrogens (tertiary/aromatic N) is 4. The molecule has 164 valence electrons. The second kappa shape index (κ2) is 10.0. The van der Waals surface area contributed by atoms with Crippen molar-refractivity contribution in [2.75, 3.05) is 43.4 Å². The molecule has 0 aliphatic carbocycles. The second-order valence-electron chi connectivity index (χ2n) is 7.71. The molecule has 0 unspecified atom stereocenters. The van der Waals surface area contributed by atoms with Crippen molar-refractivity contribution in [2.45, 2.75) is 12.8 Å². The summed E-state index contributed by atoms with van der Waals surface area (Å²) in [5, 5.41) is 0. The normalized spacial score (nSPS) is 14.9. The maximum Gasteiger partial charge on any atom is 0.215 e. The molecule has 1 aliphatic rings. The Hall–Kier alpha value is -2.77. The summed E-state index contributed by atoms with van der Waals surface area (Å²) in [7, 11) is 0. The van der Waals surface area contributed by atoms with E-state index in [-0.39, 0.29) is 14.5 Å². The highest BCUT2D eigenvalue weighted by Crippen LogP contribution is 2.21. The minimum absolute atomic E-state index is 0. The lowest BCUT2D eigenvalue weighted by atomic mass is 10.1. The monoisotopic (exact) mass is 483 g/mol. The molecule has 2 N–H and O–H groups in total. The van der Waals surface area contributed by atoms with Gasteiger partial charge in [-0.15, -0.1) is 0 Å². The molecule has 4 rings (SSSR count). The first-order valence-electron chi connectivity index (χ1n) is 10.5. The van der Waals surface area contributed by atoms with Crippen LogP contribution < -0.4 is 10.6 Å². The van der Waals surface area contributed by atoms with Crippen LogP contribution in [0.5, 0.6) is 0 Å². The Labute approximate surface area is 194 Å². The fraction of sp³-hybridized carbons (Fsp3) is 0.292. The van der Waals surface area contributed by atoms with E-state index in [1.54, 1.807) is 18.3 Å². The third-order valence-electron chi connectivity index (χ3n) is 5.57. The molecule has 0 saturated carbocycles.